The first kappa shape index (κ1) is 7.80. The summed E-state index contributed by atoms with van der Waals surface area (Å²) in [6, 6.07) is 9.25. The van der Waals surface area contributed by atoms with Crippen LogP contribution >= 0.6 is 15.9 Å². The van der Waals surface area contributed by atoms with E-state index >= 15 is 0 Å². The first-order chi connectivity index (χ1) is 4.83. The highest BCUT2D eigenvalue weighted by molar-refractivity contribution is 9.10. The van der Waals surface area contributed by atoms with E-state index in [0.717, 1.165) is 10.9 Å². The van der Waals surface area contributed by atoms with Gasteiger partial charge >= 0.3 is 0 Å². The zero-order valence-corrected chi connectivity index (χ0v) is 7.61. The van der Waals surface area contributed by atoms with Crippen molar-refractivity contribution in [3.63, 3.8) is 0 Å². The topological polar surface area (TPSA) is 0 Å². The van der Waals surface area contributed by atoms with Gasteiger partial charge in [0, 0.05) is 4.47 Å². The van der Waals surface area contributed by atoms with Gasteiger partial charge in [-0.25, -0.2) is 0 Å². The third-order valence-corrected chi connectivity index (χ3v) is 1.84. The van der Waals surface area contributed by atoms with E-state index in [0.29, 0.717) is 0 Å². The zero-order chi connectivity index (χ0) is 7.40. The molecule has 0 amide bonds. The summed E-state index contributed by atoms with van der Waals surface area (Å²) in [4.78, 5) is 0. The third kappa shape index (κ3) is 2.14. The highest BCUT2D eigenvalue weighted by atomic mass is 79.9. The summed E-state index contributed by atoms with van der Waals surface area (Å²) in [5.41, 5.74) is 1.29. The lowest BCUT2D eigenvalue weighted by Gasteiger charge is -1.96. The molecule has 1 aromatic rings. The second-order valence-electron chi connectivity index (χ2n) is 2.28. The molecule has 0 spiro atoms. The van der Waals surface area contributed by atoms with E-state index in [4.69, 9.17) is 0 Å². The van der Waals surface area contributed by atoms with Gasteiger partial charge in [-0.1, -0.05) is 35.3 Å². The molecule has 1 rings (SSSR count). The monoisotopic (exact) mass is 197 g/mol. The Labute approximate surface area is 70.4 Å². The standard InChI is InChI=1S/C9H10Br/c1-2-4-8-5-3-6-9(10)7-8/h3,6-7H,2,4H2,1H3. The van der Waals surface area contributed by atoms with Crippen LogP contribution in [0.5, 0.6) is 0 Å². The molecular formula is C9H10Br. The van der Waals surface area contributed by atoms with Crippen molar-refractivity contribution in [1.82, 2.24) is 0 Å². The summed E-state index contributed by atoms with van der Waals surface area (Å²) in [5.74, 6) is 0. The first-order valence-corrected chi connectivity index (χ1v) is 4.28. The van der Waals surface area contributed by atoms with Gasteiger partial charge in [-0.15, -0.1) is 0 Å². The van der Waals surface area contributed by atoms with Gasteiger partial charge in [-0.05, 0) is 30.2 Å². The third-order valence-electron chi connectivity index (χ3n) is 1.34. The van der Waals surface area contributed by atoms with Gasteiger partial charge in [-0.3, -0.25) is 0 Å². The second-order valence-corrected chi connectivity index (χ2v) is 3.20. The Bertz CT molecular complexity index is 206. The Morgan fingerprint density at radius 3 is 3.00 bits per heavy atom. The lowest BCUT2D eigenvalue weighted by Crippen LogP contribution is -1.81. The largest absolute Gasteiger partial charge is 0.0651 e. The van der Waals surface area contributed by atoms with Crippen molar-refractivity contribution < 1.29 is 0 Å². The maximum absolute atomic E-state index is 3.41. The van der Waals surface area contributed by atoms with Crippen LogP contribution in [0.1, 0.15) is 18.9 Å². The lowest BCUT2D eigenvalue weighted by molar-refractivity contribution is 0.919. The van der Waals surface area contributed by atoms with Gasteiger partial charge in [0.05, 0.1) is 0 Å². The van der Waals surface area contributed by atoms with Crippen molar-refractivity contribution in [2.75, 3.05) is 0 Å². The van der Waals surface area contributed by atoms with Crippen molar-refractivity contribution in [1.29, 1.82) is 0 Å². The molecule has 0 atom stereocenters. The van der Waals surface area contributed by atoms with Crippen LogP contribution in [0.15, 0.2) is 22.7 Å². The highest BCUT2D eigenvalue weighted by Crippen LogP contribution is 2.11. The molecule has 0 heterocycles. The van der Waals surface area contributed by atoms with Crippen LogP contribution in [-0.2, 0) is 6.42 Å². The number of halogens is 1. The second kappa shape index (κ2) is 3.77. The van der Waals surface area contributed by atoms with E-state index in [1.165, 1.54) is 12.0 Å². The molecule has 0 fully saturated rings. The molecule has 0 aliphatic rings. The fourth-order valence-electron chi connectivity index (χ4n) is 0.898. The summed E-state index contributed by atoms with van der Waals surface area (Å²) in [7, 11) is 0. The SMILES string of the molecule is CCCc1[c]ccc(Br)c1. The molecule has 0 unspecified atom stereocenters. The van der Waals surface area contributed by atoms with Crippen LogP contribution in [0.2, 0.25) is 0 Å². The zero-order valence-electron chi connectivity index (χ0n) is 6.02. The first-order valence-electron chi connectivity index (χ1n) is 3.49. The Morgan fingerprint density at radius 2 is 2.40 bits per heavy atom. The van der Waals surface area contributed by atoms with Gasteiger partial charge in [0.2, 0.25) is 0 Å². The van der Waals surface area contributed by atoms with Crippen molar-refractivity contribution in [3.8, 4) is 0 Å². The van der Waals surface area contributed by atoms with Crippen LogP contribution in [0.3, 0.4) is 0 Å². The molecular weight excluding hydrogens is 188 g/mol. The van der Waals surface area contributed by atoms with Gasteiger partial charge in [0.15, 0.2) is 0 Å². The van der Waals surface area contributed by atoms with E-state index in [2.05, 4.69) is 35.0 Å². The van der Waals surface area contributed by atoms with E-state index in [-0.39, 0.29) is 0 Å². The van der Waals surface area contributed by atoms with Crippen molar-refractivity contribution >= 4 is 15.9 Å². The Morgan fingerprint density at radius 1 is 1.60 bits per heavy atom. The molecule has 1 heteroatoms. The van der Waals surface area contributed by atoms with Crippen LogP contribution in [0.25, 0.3) is 0 Å². The summed E-state index contributed by atoms with van der Waals surface area (Å²) in [6.07, 6.45) is 2.31. The molecule has 0 aromatic heterocycles. The van der Waals surface area contributed by atoms with Gasteiger partial charge in [0.25, 0.3) is 0 Å². The van der Waals surface area contributed by atoms with Crippen LogP contribution in [0, 0.1) is 6.07 Å². The summed E-state index contributed by atoms with van der Waals surface area (Å²) in [6.45, 7) is 2.18. The fourth-order valence-corrected chi connectivity index (χ4v) is 1.31. The van der Waals surface area contributed by atoms with Gasteiger partial charge in [-0.2, -0.15) is 0 Å². The molecule has 0 N–H and O–H groups in total. The van der Waals surface area contributed by atoms with E-state index in [1.54, 1.807) is 0 Å². The quantitative estimate of drug-likeness (QED) is 0.684. The predicted octanol–water partition coefficient (Wildman–Crippen LogP) is 3.20. The Hall–Kier alpha value is -0.300. The number of hydrogen-bond acceptors (Lipinski definition) is 0. The minimum atomic E-state index is 1.12. The molecule has 0 bridgehead atoms. The molecule has 1 aromatic carbocycles. The molecule has 1 radical (unpaired) electrons. The summed E-state index contributed by atoms with van der Waals surface area (Å²) < 4.78 is 1.15. The minimum absolute atomic E-state index is 1.12. The Kier molecular flexibility index (Phi) is 2.94. The van der Waals surface area contributed by atoms with Crippen molar-refractivity contribution in [2.24, 2.45) is 0 Å². The van der Waals surface area contributed by atoms with E-state index < -0.39 is 0 Å². The number of rotatable bonds is 2. The number of benzene rings is 1. The molecule has 10 heavy (non-hydrogen) atoms. The summed E-state index contributed by atoms with van der Waals surface area (Å²) >= 11 is 3.41. The van der Waals surface area contributed by atoms with Crippen molar-refractivity contribution in [3.05, 3.63) is 34.3 Å². The highest BCUT2D eigenvalue weighted by Gasteiger charge is 1.90. The van der Waals surface area contributed by atoms with E-state index in [9.17, 15) is 0 Å². The average molecular weight is 198 g/mol. The van der Waals surface area contributed by atoms with Crippen LogP contribution in [0.4, 0.5) is 0 Å². The molecule has 0 saturated carbocycles. The maximum Gasteiger partial charge on any atom is 0.0178 e. The Balaban J connectivity index is 2.75. The van der Waals surface area contributed by atoms with Crippen LogP contribution in [-0.4, -0.2) is 0 Å². The molecule has 0 aliphatic carbocycles. The minimum Gasteiger partial charge on any atom is -0.0651 e. The van der Waals surface area contributed by atoms with Crippen molar-refractivity contribution in [2.45, 2.75) is 19.8 Å². The van der Waals surface area contributed by atoms with Gasteiger partial charge in [0.1, 0.15) is 0 Å². The molecule has 53 valence electrons. The number of hydrogen-bond donors (Lipinski definition) is 0. The maximum atomic E-state index is 3.41. The lowest BCUT2D eigenvalue weighted by atomic mass is 10.1. The predicted molar refractivity (Wildman–Crippen MR) is 47.0 cm³/mol. The van der Waals surface area contributed by atoms with Gasteiger partial charge < -0.3 is 0 Å². The fraction of sp³-hybridized carbons (Fsp3) is 0.333. The summed E-state index contributed by atoms with van der Waals surface area (Å²) in [5, 5.41) is 0. The van der Waals surface area contributed by atoms with E-state index in [1.807, 2.05) is 12.1 Å². The van der Waals surface area contributed by atoms with Crippen LogP contribution < -0.4 is 0 Å². The number of aryl methyl sites for hydroxylation is 1. The average Bonchev–Trinajstić information content (AvgIpc) is 1.88. The normalized spacial score (nSPS) is 9.80. The molecule has 0 nitrogen and oxygen atoms in total. The smallest absolute Gasteiger partial charge is 0.0178 e. The molecule has 0 aliphatic heterocycles. The molecule has 0 saturated heterocycles.